The maximum atomic E-state index is 12.3. The molecule has 0 heterocycles. The Morgan fingerprint density at radius 3 is 2.11 bits per heavy atom. The van der Waals surface area contributed by atoms with Gasteiger partial charge in [-0.25, -0.2) is 0 Å². The van der Waals surface area contributed by atoms with Crippen LogP contribution in [0.5, 0.6) is 0 Å². The third kappa shape index (κ3) is 2.68. The van der Waals surface area contributed by atoms with Crippen LogP contribution in [0.4, 0.5) is 5.69 Å². The number of aryl methyl sites for hydroxylation is 2. The van der Waals surface area contributed by atoms with E-state index < -0.39 is 0 Å². The van der Waals surface area contributed by atoms with Crippen molar-refractivity contribution in [3.63, 3.8) is 0 Å². The van der Waals surface area contributed by atoms with Gasteiger partial charge in [0.1, 0.15) is 0 Å². The molecule has 0 atom stereocenters. The van der Waals surface area contributed by atoms with Gasteiger partial charge in [0.2, 0.25) is 0 Å². The van der Waals surface area contributed by atoms with Gasteiger partial charge in [0.25, 0.3) is 5.91 Å². The summed E-state index contributed by atoms with van der Waals surface area (Å²) in [5.74, 6) is -0.0464. The zero-order valence-electron chi connectivity index (χ0n) is 11.9. The van der Waals surface area contributed by atoms with Crippen LogP contribution < -0.4 is 5.32 Å². The zero-order chi connectivity index (χ0) is 14.0. The summed E-state index contributed by atoms with van der Waals surface area (Å²) in [6.45, 7) is 8.06. The lowest BCUT2D eigenvalue weighted by Crippen LogP contribution is -2.14. The molecule has 0 radical (unpaired) electrons. The van der Waals surface area contributed by atoms with E-state index in [-0.39, 0.29) is 5.91 Å². The van der Waals surface area contributed by atoms with Crippen molar-refractivity contribution in [2.75, 3.05) is 5.32 Å². The predicted octanol–water partition coefficient (Wildman–Crippen LogP) is 4.17. The van der Waals surface area contributed by atoms with Crippen molar-refractivity contribution in [1.29, 1.82) is 0 Å². The van der Waals surface area contributed by atoms with Crippen LogP contribution in [0.3, 0.4) is 0 Å². The molecule has 0 aromatic heterocycles. The summed E-state index contributed by atoms with van der Waals surface area (Å²) in [5, 5.41) is 3.00. The van der Waals surface area contributed by atoms with E-state index in [4.69, 9.17) is 0 Å². The number of benzene rings is 2. The number of hydrogen-bond donors (Lipinski definition) is 1. The van der Waals surface area contributed by atoms with E-state index >= 15 is 0 Å². The second kappa shape index (κ2) is 5.27. The van der Waals surface area contributed by atoms with Crippen LogP contribution in [-0.2, 0) is 0 Å². The molecule has 2 nitrogen and oxygen atoms in total. The Bertz CT molecular complexity index is 629. The highest BCUT2D eigenvalue weighted by molar-refractivity contribution is 6.05. The van der Waals surface area contributed by atoms with Crippen LogP contribution in [0.15, 0.2) is 36.4 Å². The highest BCUT2D eigenvalue weighted by Gasteiger charge is 2.11. The zero-order valence-corrected chi connectivity index (χ0v) is 11.9. The average Bonchev–Trinajstić information content (AvgIpc) is 2.38. The Hall–Kier alpha value is -2.09. The molecule has 0 spiro atoms. The summed E-state index contributed by atoms with van der Waals surface area (Å²) in [5.41, 5.74) is 6.07. The number of rotatable bonds is 2. The van der Waals surface area contributed by atoms with Crippen LogP contribution in [0.1, 0.15) is 32.6 Å². The quantitative estimate of drug-likeness (QED) is 0.855. The van der Waals surface area contributed by atoms with E-state index in [1.165, 1.54) is 5.56 Å². The molecule has 2 heteroatoms. The first-order valence-electron chi connectivity index (χ1n) is 6.44. The first kappa shape index (κ1) is 13.3. The highest BCUT2D eigenvalue weighted by Crippen LogP contribution is 2.20. The number of hydrogen-bond acceptors (Lipinski definition) is 1. The Morgan fingerprint density at radius 1 is 0.842 bits per heavy atom. The number of amides is 1. The molecule has 0 unspecified atom stereocenters. The van der Waals surface area contributed by atoms with Gasteiger partial charge in [-0.05, 0) is 62.1 Å². The Labute approximate surface area is 114 Å². The molecule has 0 saturated carbocycles. The molecule has 0 aliphatic heterocycles. The predicted molar refractivity (Wildman–Crippen MR) is 79.8 cm³/mol. The minimum atomic E-state index is -0.0464. The van der Waals surface area contributed by atoms with Crippen molar-refractivity contribution < 1.29 is 4.79 Å². The fourth-order valence-corrected chi connectivity index (χ4v) is 2.07. The van der Waals surface area contributed by atoms with E-state index in [0.717, 1.165) is 27.9 Å². The van der Waals surface area contributed by atoms with Gasteiger partial charge in [0, 0.05) is 11.3 Å². The second-order valence-corrected chi connectivity index (χ2v) is 4.95. The maximum absolute atomic E-state index is 12.3. The SMILES string of the molecule is Cc1cccc(NC(=O)c2cccc(C)c2C)c1C. The molecule has 1 N–H and O–H groups in total. The van der Waals surface area contributed by atoms with E-state index in [1.807, 2.05) is 64.1 Å². The number of carbonyl (C=O) groups is 1. The molecule has 19 heavy (non-hydrogen) atoms. The maximum Gasteiger partial charge on any atom is 0.255 e. The molecule has 2 rings (SSSR count). The highest BCUT2D eigenvalue weighted by atomic mass is 16.1. The van der Waals surface area contributed by atoms with Gasteiger partial charge in [-0.1, -0.05) is 24.3 Å². The Morgan fingerprint density at radius 2 is 1.42 bits per heavy atom. The van der Waals surface area contributed by atoms with Crippen LogP contribution in [-0.4, -0.2) is 5.91 Å². The lowest BCUT2D eigenvalue weighted by molar-refractivity contribution is 0.102. The van der Waals surface area contributed by atoms with Crippen LogP contribution >= 0.6 is 0 Å². The molecule has 2 aromatic carbocycles. The number of nitrogens with one attached hydrogen (secondary N) is 1. The first-order chi connectivity index (χ1) is 9.00. The van der Waals surface area contributed by atoms with Crippen molar-refractivity contribution >= 4 is 11.6 Å². The molecular formula is C17H19NO. The lowest BCUT2D eigenvalue weighted by Gasteiger charge is -2.12. The number of carbonyl (C=O) groups excluding carboxylic acids is 1. The van der Waals surface area contributed by atoms with E-state index in [0.29, 0.717) is 0 Å². The molecule has 2 aromatic rings. The minimum absolute atomic E-state index is 0.0464. The molecule has 0 saturated heterocycles. The van der Waals surface area contributed by atoms with Crippen LogP contribution in [0, 0.1) is 27.7 Å². The third-order valence-corrected chi connectivity index (χ3v) is 3.70. The lowest BCUT2D eigenvalue weighted by atomic mass is 10.0. The Kier molecular flexibility index (Phi) is 3.70. The van der Waals surface area contributed by atoms with Crippen molar-refractivity contribution in [1.82, 2.24) is 0 Å². The van der Waals surface area contributed by atoms with Gasteiger partial charge < -0.3 is 5.32 Å². The van der Waals surface area contributed by atoms with Gasteiger partial charge in [-0.3, -0.25) is 4.79 Å². The van der Waals surface area contributed by atoms with Gasteiger partial charge in [-0.15, -0.1) is 0 Å². The second-order valence-electron chi connectivity index (χ2n) is 4.95. The molecule has 98 valence electrons. The van der Waals surface area contributed by atoms with Crippen molar-refractivity contribution in [3.8, 4) is 0 Å². The smallest absolute Gasteiger partial charge is 0.255 e. The van der Waals surface area contributed by atoms with Gasteiger partial charge in [0.15, 0.2) is 0 Å². The first-order valence-corrected chi connectivity index (χ1v) is 6.44. The molecule has 1 amide bonds. The molecular weight excluding hydrogens is 234 g/mol. The molecule has 0 aliphatic rings. The summed E-state index contributed by atoms with van der Waals surface area (Å²) in [6, 6.07) is 11.7. The van der Waals surface area contributed by atoms with E-state index in [9.17, 15) is 4.79 Å². The summed E-state index contributed by atoms with van der Waals surface area (Å²) in [4.78, 5) is 12.3. The normalized spacial score (nSPS) is 10.3. The topological polar surface area (TPSA) is 29.1 Å². The summed E-state index contributed by atoms with van der Waals surface area (Å²) >= 11 is 0. The van der Waals surface area contributed by atoms with Crippen molar-refractivity contribution in [3.05, 3.63) is 64.2 Å². The fourth-order valence-electron chi connectivity index (χ4n) is 2.07. The summed E-state index contributed by atoms with van der Waals surface area (Å²) in [6.07, 6.45) is 0. The van der Waals surface area contributed by atoms with Crippen LogP contribution in [0.25, 0.3) is 0 Å². The Balaban J connectivity index is 2.31. The molecule has 0 fully saturated rings. The molecule has 0 aliphatic carbocycles. The third-order valence-electron chi connectivity index (χ3n) is 3.70. The molecule has 0 bridgehead atoms. The standard InChI is InChI=1S/C17H19NO/c1-11-7-5-9-15(13(11)3)17(19)18-16-10-6-8-12(2)14(16)4/h5-10H,1-4H3,(H,18,19). The van der Waals surface area contributed by atoms with Gasteiger partial charge in [0.05, 0.1) is 0 Å². The van der Waals surface area contributed by atoms with Gasteiger partial charge >= 0.3 is 0 Å². The van der Waals surface area contributed by atoms with Crippen LogP contribution in [0.2, 0.25) is 0 Å². The number of anilines is 1. The monoisotopic (exact) mass is 253 g/mol. The van der Waals surface area contributed by atoms with Crippen molar-refractivity contribution in [2.24, 2.45) is 0 Å². The minimum Gasteiger partial charge on any atom is -0.322 e. The average molecular weight is 253 g/mol. The van der Waals surface area contributed by atoms with Crippen molar-refractivity contribution in [2.45, 2.75) is 27.7 Å². The van der Waals surface area contributed by atoms with Gasteiger partial charge in [-0.2, -0.15) is 0 Å². The largest absolute Gasteiger partial charge is 0.322 e. The summed E-state index contributed by atoms with van der Waals surface area (Å²) < 4.78 is 0. The van der Waals surface area contributed by atoms with E-state index in [2.05, 4.69) is 5.32 Å². The summed E-state index contributed by atoms with van der Waals surface area (Å²) in [7, 11) is 0. The fraction of sp³-hybridized carbons (Fsp3) is 0.235. The van der Waals surface area contributed by atoms with E-state index in [1.54, 1.807) is 0 Å².